The smallest absolute Gasteiger partial charge is 0.254 e. The molecule has 2 aromatic rings. The van der Waals surface area contributed by atoms with E-state index in [0.29, 0.717) is 31.9 Å². The summed E-state index contributed by atoms with van der Waals surface area (Å²) < 4.78 is 5.36. The van der Waals surface area contributed by atoms with Crippen molar-refractivity contribution in [3.8, 4) is 0 Å². The average Bonchev–Trinajstić information content (AvgIpc) is 2.73. The van der Waals surface area contributed by atoms with Crippen molar-refractivity contribution in [1.29, 1.82) is 0 Å². The number of amides is 2. The summed E-state index contributed by atoms with van der Waals surface area (Å²) in [6.07, 6.45) is 1.60. The maximum absolute atomic E-state index is 13.3. The Morgan fingerprint density at radius 2 is 1.89 bits per heavy atom. The van der Waals surface area contributed by atoms with Gasteiger partial charge in [-0.3, -0.25) is 9.59 Å². The molecule has 0 bridgehead atoms. The molecular weight excluding hydrogens is 352 g/mol. The first kappa shape index (κ1) is 18.7. The molecule has 0 radical (unpaired) electrons. The first-order chi connectivity index (χ1) is 13.7. The van der Waals surface area contributed by atoms with Gasteiger partial charge < -0.3 is 15.0 Å². The second-order valence-corrected chi connectivity index (χ2v) is 7.30. The number of nitrogens with zero attached hydrogens (tertiary/aromatic N) is 1. The van der Waals surface area contributed by atoms with Gasteiger partial charge in [0.2, 0.25) is 5.91 Å². The number of fused-ring (bicyclic) bond motifs is 4. The minimum Gasteiger partial charge on any atom is -0.382 e. The van der Waals surface area contributed by atoms with Crippen molar-refractivity contribution in [2.45, 2.75) is 31.7 Å². The zero-order valence-corrected chi connectivity index (χ0v) is 16.2. The molecule has 5 heteroatoms. The van der Waals surface area contributed by atoms with E-state index in [1.807, 2.05) is 48.2 Å². The lowest BCUT2D eigenvalue weighted by molar-refractivity contribution is -0.124. The van der Waals surface area contributed by atoms with Gasteiger partial charge in [0.1, 0.15) is 0 Å². The van der Waals surface area contributed by atoms with Gasteiger partial charge in [-0.25, -0.2) is 0 Å². The number of ether oxygens (including phenoxy) is 1. The molecular formula is C23H26N2O3. The molecule has 2 aromatic carbocycles. The van der Waals surface area contributed by atoms with Gasteiger partial charge in [0, 0.05) is 31.9 Å². The molecule has 2 heterocycles. The number of hydrogen-bond acceptors (Lipinski definition) is 3. The molecule has 2 atom stereocenters. The minimum absolute atomic E-state index is 0.0236. The van der Waals surface area contributed by atoms with E-state index in [9.17, 15) is 9.59 Å². The molecule has 0 fully saturated rings. The van der Waals surface area contributed by atoms with Crippen molar-refractivity contribution < 1.29 is 14.3 Å². The van der Waals surface area contributed by atoms with Crippen LogP contribution >= 0.6 is 0 Å². The van der Waals surface area contributed by atoms with Crippen molar-refractivity contribution in [3.63, 3.8) is 0 Å². The number of carbonyl (C=O) groups is 2. The summed E-state index contributed by atoms with van der Waals surface area (Å²) in [6.45, 7) is 4.49. The SMILES string of the molecule is CCOCCCNC(=O)[C@H]1c2ccccc2C(=O)N2CCc3ccccc3[C@H]12. The molecule has 0 spiro atoms. The van der Waals surface area contributed by atoms with Crippen LogP contribution in [0.2, 0.25) is 0 Å². The Labute approximate surface area is 165 Å². The molecule has 2 aliphatic rings. The maximum Gasteiger partial charge on any atom is 0.254 e. The third kappa shape index (κ3) is 3.31. The van der Waals surface area contributed by atoms with E-state index < -0.39 is 5.92 Å². The maximum atomic E-state index is 13.3. The van der Waals surface area contributed by atoms with Crippen LogP contribution in [0.4, 0.5) is 0 Å². The monoisotopic (exact) mass is 378 g/mol. The van der Waals surface area contributed by atoms with E-state index in [0.717, 1.165) is 24.0 Å². The highest BCUT2D eigenvalue weighted by Crippen LogP contribution is 2.45. The molecule has 0 aliphatic carbocycles. The highest BCUT2D eigenvalue weighted by atomic mass is 16.5. The third-order valence-electron chi connectivity index (χ3n) is 5.69. The highest BCUT2D eigenvalue weighted by molar-refractivity contribution is 6.01. The topological polar surface area (TPSA) is 58.6 Å². The molecule has 0 unspecified atom stereocenters. The van der Waals surface area contributed by atoms with E-state index in [-0.39, 0.29) is 17.9 Å². The van der Waals surface area contributed by atoms with Crippen LogP contribution < -0.4 is 5.32 Å². The van der Waals surface area contributed by atoms with E-state index in [1.54, 1.807) is 0 Å². The normalized spacial score (nSPS) is 20.2. The van der Waals surface area contributed by atoms with Gasteiger partial charge in [-0.05, 0) is 42.5 Å². The Morgan fingerprint density at radius 1 is 1.14 bits per heavy atom. The van der Waals surface area contributed by atoms with Crippen molar-refractivity contribution in [2.75, 3.05) is 26.3 Å². The van der Waals surface area contributed by atoms with Gasteiger partial charge in [-0.15, -0.1) is 0 Å². The van der Waals surface area contributed by atoms with Gasteiger partial charge in [0.25, 0.3) is 5.91 Å². The predicted molar refractivity (Wildman–Crippen MR) is 107 cm³/mol. The van der Waals surface area contributed by atoms with E-state index in [4.69, 9.17) is 4.74 Å². The summed E-state index contributed by atoms with van der Waals surface area (Å²) in [5.41, 5.74) is 3.79. The van der Waals surface area contributed by atoms with E-state index >= 15 is 0 Å². The van der Waals surface area contributed by atoms with Crippen molar-refractivity contribution in [3.05, 3.63) is 70.8 Å². The molecule has 1 N–H and O–H groups in total. The molecule has 0 saturated heterocycles. The van der Waals surface area contributed by atoms with Crippen LogP contribution in [0.1, 0.15) is 52.4 Å². The second-order valence-electron chi connectivity index (χ2n) is 7.30. The van der Waals surface area contributed by atoms with Gasteiger partial charge >= 0.3 is 0 Å². The number of nitrogens with one attached hydrogen (secondary N) is 1. The summed E-state index contributed by atoms with van der Waals surface area (Å²) in [6, 6.07) is 15.5. The zero-order valence-electron chi connectivity index (χ0n) is 16.2. The van der Waals surface area contributed by atoms with Crippen molar-refractivity contribution in [2.24, 2.45) is 0 Å². The second kappa shape index (κ2) is 8.15. The number of rotatable bonds is 6. The van der Waals surface area contributed by atoms with Gasteiger partial charge in [-0.2, -0.15) is 0 Å². The van der Waals surface area contributed by atoms with Crippen LogP contribution in [0.3, 0.4) is 0 Å². The molecule has 2 aliphatic heterocycles. The van der Waals surface area contributed by atoms with Crippen LogP contribution in [-0.2, 0) is 16.0 Å². The summed E-state index contributed by atoms with van der Waals surface area (Å²) in [5, 5.41) is 3.07. The molecule has 146 valence electrons. The standard InChI is InChI=1S/C23H26N2O3/c1-2-28-15-7-13-24-22(26)20-18-10-5-6-11-19(18)23(27)25-14-12-16-8-3-4-9-17(16)21(20)25/h3-6,8-11,20-21H,2,7,12-15H2,1H3,(H,24,26)/t20-,21+/m0/s1. The van der Waals surface area contributed by atoms with Crippen molar-refractivity contribution in [1.82, 2.24) is 10.2 Å². The largest absolute Gasteiger partial charge is 0.382 e. The van der Waals surface area contributed by atoms with Gasteiger partial charge in [-0.1, -0.05) is 42.5 Å². The van der Waals surface area contributed by atoms with Gasteiger partial charge in [0.05, 0.1) is 12.0 Å². The van der Waals surface area contributed by atoms with E-state index in [1.165, 1.54) is 5.56 Å². The Hall–Kier alpha value is -2.66. The fourth-order valence-corrected chi connectivity index (χ4v) is 4.40. The highest BCUT2D eigenvalue weighted by Gasteiger charge is 2.45. The lowest BCUT2D eigenvalue weighted by Gasteiger charge is -2.45. The lowest BCUT2D eigenvalue weighted by atomic mass is 9.76. The molecule has 2 amide bonds. The van der Waals surface area contributed by atoms with E-state index in [2.05, 4.69) is 17.4 Å². The summed E-state index contributed by atoms with van der Waals surface area (Å²) in [7, 11) is 0. The van der Waals surface area contributed by atoms with Crippen molar-refractivity contribution >= 4 is 11.8 Å². The Kier molecular flexibility index (Phi) is 5.44. The van der Waals surface area contributed by atoms with Crippen LogP contribution in [0, 0.1) is 0 Å². The minimum atomic E-state index is -0.401. The molecule has 4 rings (SSSR count). The van der Waals surface area contributed by atoms with Crippen LogP contribution in [0.25, 0.3) is 0 Å². The molecule has 0 saturated carbocycles. The molecule has 5 nitrogen and oxygen atoms in total. The summed E-state index contributed by atoms with van der Waals surface area (Å²) in [4.78, 5) is 28.3. The van der Waals surface area contributed by atoms with Crippen LogP contribution in [0.15, 0.2) is 48.5 Å². The zero-order chi connectivity index (χ0) is 19.5. The first-order valence-corrected chi connectivity index (χ1v) is 10.1. The quantitative estimate of drug-likeness (QED) is 0.786. The average molecular weight is 378 g/mol. The van der Waals surface area contributed by atoms with Crippen LogP contribution in [-0.4, -0.2) is 43.0 Å². The fourth-order valence-electron chi connectivity index (χ4n) is 4.40. The Balaban J connectivity index is 1.68. The molecule has 0 aromatic heterocycles. The Bertz CT molecular complexity index is 880. The van der Waals surface area contributed by atoms with Crippen LogP contribution in [0.5, 0.6) is 0 Å². The first-order valence-electron chi connectivity index (χ1n) is 10.1. The third-order valence-corrected chi connectivity index (χ3v) is 5.69. The fraction of sp³-hybridized carbons (Fsp3) is 0.391. The summed E-state index contributed by atoms with van der Waals surface area (Å²) in [5.74, 6) is -0.402. The lowest BCUT2D eigenvalue weighted by Crippen LogP contribution is -2.50. The number of benzene rings is 2. The number of carbonyl (C=O) groups excluding carboxylic acids is 2. The summed E-state index contributed by atoms with van der Waals surface area (Å²) >= 11 is 0. The predicted octanol–water partition coefficient (Wildman–Crippen LogP) is 3.07. The molecule has 28 heavy (non-hydrogen) atoms. The number of hydrogen-bond donors (Lipinski definition) is 1. The van der Waals surface area contributed by atoms with Gasteiger partial charge in [0.15, 0.2) is 0 Å². The Morgan fingerprint density at radius 3 is 2.71 bits per heavy atom.